The number of hydrogen-bond acceptors (Lipinski definition) is 2. The lowest BCUT2D eigenvalue weighted by molar-refractivity contribution is 0.381. The molecule has 0 atom stereocenters. The summed E-state index contributed by atoms with van der Waals surface area (Å²) < 4.78 is 0. The lowest BCUT2D eigenvalue weighted by Crippen LogP contribution is -2.42. The minimum Gasteiger partial charge on any atom is -0.363 e. The molecule has 2 heterocycles. The summed E-state index contributed by atoms with van der Waals surface area (Å²) in [6.07, 6.45) is 2.76. The van der Waals surface area contributed by atoms with Crippen LogP contribution in [-0.4, -0.2) is 33.1 Å². The summed E-state index contributed by atoms with van der Waals surface area (Å²) in [4.78, 5) is 9.57. The Balaban J connectivity index is 2.04. The van der Waals surface area contributed by atoms with Crippen molar-refractivity contribution in [3.05, 3.63) is 17.7 Å². The summed E-state index contributed by atoms with van der Waals surface area (Å²) in [6.45, 7) is 4.73. The highest BCUT2D eigenvalue weighted by Gasteiger charge is 2.19. The van der Waals surface area contributed by atoms with Gasteiger partial charge >= 0.3 is 0 Å². The first kappa shape index (κ1) is 9.45. The lowest BCUT2D eigenvalue weighted by Gasteiger charge is -2.28. The van der Waals surface area contributed by atoms with E-state index in [1.165, 1.54) is 5.69 Å². The van der Waals surface area contributed by atoms with Crippen LogP contribution in [0.25, 0.3) is 0 Å². The van der Waals surface area contributed by atoms with Crippen LogP contribution in [0.15, 0.2) is 6.33 Å². The van der Waals surface area contributed by atoms with Gasteiger partial charge in [0.2, 0.25) is 0 Å². The Morgan fingerprint density at radius 1 is 1.79 bits per heavy atom. The van der Waals surface area contributed by atoms with Gasteiger partial charge in [-0.2, -0.15) is 0 Å². The molecular formula is C9H14N4S. The first-order valence-electron chi connectivity index (χ1n) is 4.85. The van der Waals surface area contributed by atoms with Crippen LogP contribution >= 0.6 is 12.2 Å². The third kappa shape index (κ3) is 1.72. The normalized spacial score (nSPS) is 15.1. The zero-order valence-corrected chi connectivity index (χ0v) is 9.02. The molecule has 76 valence electrons. The van der Waals surface area contributed by atoms with Gasteiger partial charge in [0.15, 0.2) is 5.11 Å². The molecule has 0 saturated heterocycles. The maximum absolute atomic E-state index is 5.25. The van der Waals surface area contributed by atoms with E-state index in [2.05, 4.69) is 27.1 Å². The lowest BCUT2D eigenvalue weighted by atomic mass is 10.1. The minimum atomic E-state index is 0.824. The fourth-order valence-electron chi connectivity index (χ4n) is 1.65. The first-order valence-corrected chi connectivity index (χ1v) is 5.26. The molecule has 1 aromatic rings. The Bertz CT molecular complexity index is 333. The molecule has 14 heavy (non-hydrogen) atoms. The van der Waals surface area contributed by atoms with Crippen molar-refractivity contribution in [2.45, 2.75) is 19.9 Å². The summed E-state index contributed by atoms with van der Waals surface area (Å²) in [5.41, 5.74) is 2.37. The zero-order chi connectivity index (χ0) is 9.97. The number of aromatic amines is 1. The van der Waals surface area contributed by atoms with Gasteiger partial charge in [-0.25, -0.2) is 4.98 Å². The van der Waals surface area contributed by atoms with Crippen molar-refractivity contribution in [1.29, 1.82) is 0 Å². The van der Waals surface area contributed by atoms with Gasteiger partial charge in [0.25, 0.3) is 0 Å². The standard InChI is InChI=1S/C9H14N4S/c1-2-10-9(14)13-4-3-7-8(5-13)12-6-11-7/h6H,2-5H2,1H3,(H,10,14)(H,11,12). The van der Waals surface area contributed by atoms with Crippen LogP contribution < -0.4 is 5.32 Å². The molecule has 1 aromatic heterocycles. The average molecular weight is 210 g/mol. The van der Waals surface area contributed by atoms with E-state index in [-0.39, 0.29) is 0 Å². The Morgan fingerprint density at radius 2 is 2.64 bits per heavy atom. The number of hydrogen-bond donors (Lipinski definition) is 2. The van der Waals surface area contributed by atoms with E-state index < -0.39 is 0 Å². The Kier molecular flexibility index (Phi) is 2.67. The number of fused-ring (bicyclic) bond motifs is 1. The number of imidazole rings is 1. The van der Waals surface area contributed by atoms with E-state index in [4.69, 9.17) is 12.2 Å². The molecule has 0 aliphatic carbocycles. The van der Waals surface area contributed by atoms with Gasteiger partial charge in [-0.15, -0.1) is 0 Å². The third-order valence-electron chi connectivity index (χ3n) is 2.40. The van der Waals surface area contributed by atoms with Crippen molar-refractivity contribution in [2.24, 2.45) is 0 Å². The molecule has 0 radical (unpaired) electrons. The second kappa shape index (κ2) is 3.96. The van der Waals surface area contributed by atoms with E-state index >= 15 is 0 Å². The maximum atomic E-state index is 5.25. The highest BCUT2D eigenvalue weighted by molar-refractivity contribution is 7.80. The summed E-state index contributed by atoms with van der Waals surface area (Å²) in [7, 11) is 0. The molecule has 2 N–H and O–H groups in total. The molecule has 0 bridgehead atoms. The van der Waals surface area contributed by atoms with Crippen LogP contribution in [0.2, 0.25) is 0 Å². The Morgan fingerprint density at radius 3 is 3.43 bits per heavy atom. The Hall–Kier alpha value is -1.10. The van der Waals surface area contributed by atoms with E-state index in [0.29, 0.717) is 0 Å². The van der Waals surface area contributed by atoms with Gasteiger partial charge in [0.1, 0.15) is 0 Å². The summed E-state index contributed by atoms with van der Waals surface area (Å²) in [6, 6.07) is 0. The second-order valence-corrected chi connectivity index (χ2v) is 3.72. The highest BCUT2D eigenvalue weighted by Crippen LogP contribution is 2.14. The number of rotatable bonds is 1. The van der Waals surface area contributed by atoms with Crippen molar-refractivity contribution in [1.82, 2.24) is 20.2 Å². The number of thiocarbonyl (C=S) groups is 1. The van der Waals surface area contributed by atoms with Crippen molar-refractivity contribution >= 4 is 17.3 Å². The van der Waals surface area contributed by atoms with Crippen LogP contribution in [0, 0.1) is 0 Å². The van der Waals surface area contributed by atoms with E-state index in [9.17, 15) is 0 Å². The molecule has 0 amide bonds. The van der Waals surface area contributed by atoms with Crippen molar-refractivity contribution in [3.8, 4) is 0 Å². The Labute approximate surface area is 88.7 Å². The number of H-pyrrole nitrogens is 1. The zero-order valence-electron chi connectivity index (χ0n) is 8.21. The van der Waals surface area contributed by atoms with Gasteiger partial charge in [-0.3, -0.25) is 0 Å². The molecule has 0 fully saturated rings. The molecule has 0 saturated carbocycles. The largest absolute Gasteiger partial charge is 0.363 e. The van der Waals surface area contributed by atoms with Crippen molar-refractivity contribution in [3.63, 3.8) is 0 Å². The summed E-state index contributed by atoms with van der Waals surface area (Å²) in [5, 5.41) is 3.99. The predicted octanol–water partition coefficient (Wildman–Crippen LogP) is 0.662. The van der Waals surface area contributed by atoms with Crippen molar-refractivity contribution in [2.75, 3.05) is 13.1 Å². The van der Waals surface area contributed by atoms with Gasteiger partial charge in [-0.05, 0) is 19.1 Å². The molecule has 0 spiro atoms. The van der Waals surface area contributed by atoms with E-state index in [1.807, 2.05) is 0 Å². The molecule has 1 aliphatic heterocycles. The summed E-state index contributed by atoms with van der Waals surface area (Å²) >= 11 is 5.25. The SMILES string of the molecule is CCNC(=S)N1CCc2[nH]cnc2C1. The molecule has 2 rings (SSSR count). The third-order valence-corrected chi connectivity index (χ3v) is 2.80. The minimum absolute atomic E-state index is 0.824. The van der Waals surface area contributed by atoms with Gasteiger partial charge in [-0.1, -0.05) is 0 Å². The van der Waals surface area contributed by atoms with E-state index in [0.717, 1.165) is 36.9 Å². The maximum Gasteiger partial charge on any atom is 0.169 e. The number of nitrogens with one attached hydrogen (secondary N) is 2. The molecule has 0 aromatic carbocycles. The monoisotopic (exact) mass is 210 g/mol. The first-order chi connectivity index (χ1) is 6.81. The van der Waals surface area contributed by atoms with Crippen LogP contribution in [0.1, 0.15) is 18.3 Å². The molecular weight excluding hydrogens is 196 g/mol. The van der Waals surface area contributed by atoms with Crippen LogP contribution in [0.4, 0.5) is 0 Å². The van der Waals surface area contributed by atoms with Crippen LogP contribution in [0.3, 0.4) is 0 Å². The van der Waals surface area contributed by atoms with Crippen LogP contribution in [-0.2, 0) is 13.0 Å². The highest BCUT2D eigenvalue weighted by atomic mass is 32.1. The second-order valence-electron chi connectivity index (χ2n) is 3.33. The summed E-state index contributed by atoms with van der Waals surface area (Å²) in [5.74, 6) is 0. The number of nitrogens with zero attached hydrogens (tertiary/aromatic N) is 2. The topological polar surface area (TPSA) is 44.0 Å². The fourth-order valence-corrected chi connectivity index (χ4v) is 1.95. The average Bonchev–Trinajstić information content (AvgIpc) is 2.64. The number of aromatic nitrogens is 2. The molecule has 5 heteroatoms. The fraction of sp³-hybridized carbons (Fsp3) is 0.556. The van der Waals surface area contributed by atoms with Gasteiger partial charge < -0.3 is 15.2 Å². The van der Waals surface area contributed by atoms with Gasteiger partial charge in [0.05, 0.1) is 18.6 Å². The molecule has 4 nitrogen and oxygen atoms in total. The smallest absolute Gasteiger partial charge is 0.169 e. The quantitative estimate of drug-likeness (QED) is 0.668. The van der Waals surface area contributed by atoms with E-state index in [1.54, 1.807) is 6.33 Å². The molecule has 1 aliphatic rings. The van der Waals surface area contributed by atoms with Crippen LogP contribution in [0.5, 0.6) is 0 Å². The van der Waals surface area contributed by atoms with Crippen molar-refractivity contribution < 1.29 is 0 Å². The van der Waals surface area contributed by atoms with Gasteiger partial charge in [0, 0.05) is 25.2 Å². The molecule has 0 unspecified atom stereocenters. The predicted molar refractivity (Wildman–Crippen MR) is 59.0 cm³/mol.